The first-order valence-corrected chi connectivity index (χ1v) is 8.20. The summed E-state index contributed by atoms with van der Waals surface area (Å²) in [5.41, 5.74) is 7.25. The number of hydrogen-bond donors (Lipinski definition) is 1. The van der Waals surface area contributed by atoms with Crippen LogP contribution in [-0.2, 0) is 9.53 Å². The molecule has 1 fully saturated rings. The van der Waals surface area contributed by atoms with Crippen molar-refractivity contribution in [2.45, 2.75) is 24.5 Å². The van der Waals surface area contributed by atoms with Gasteiger partial charge >= 0.3 is 5.97 Å². The molecule has 21 heavy (non-hydrogen) atoms. The molecule has 116 valence electrons. The van der Waals surface area contributed by atoms with E-state index in [9.17, 15) is 4.79 Å². The second kappa shape index (κ2) is 7.18. The van der Waals surface area contributed by atoms with Crippen LogP contribution in [0.4, 0.5) is 0 Å². The number of rotatable bonds is 8. The zero-order valence-electron chi connectivity index (χ0n) is 12.6. The van der Waals surface area contributed by atoms with Crippen LogP contribution in [0.1, 0.15) is 30.1 Å². The molecule has 1 aliphatic rings. The van der Waals surface area contributed by atoms with Crippen LogP contribution < -0.4 is 10.5 Å². The molecule has 1 aliphatic carbocycles. The van der Waals surface area contributed by atoms with Crippen molar-refractivity contribution in [1.29, 1.82) is 0 Å². The fourth-order valence-electron chi connectivity index (χ4n) is 2.32. The van der Waals surface area contributed by atoms with Crippen molar-refractivity contribution in [1.82, 2.24) is 0 Å². The molecular weight excluding hydrogens is 286 g/mol. The lowest BCUT2D eigenvalue weighted by Gasteiger charge is -2.19. The van der Waals surface area contributed by atoms with Gasteiger partial charge in [0.05, 0.1) is 20.6 Å². The Labute approximate surface area is 130 Å². The Hall–Kier alpha value is -1.20. The lowest BCUT2D eigenvalue weighted by atomic mass is 10.1. The summed E-state index contributed by atoms with van der Waals surface area (Å²) in [6.45, 7) is 0.589. The summed E-state index contributed by atoms with van der Waals surface area (Å²) in [6, 6.07) is 8.03. The zero-order chi connectivity index (χ0) is 15.3. The third-order valence-electron chi connectivity index (χ3n) is 4.00. The molecule has 0 spiro atoms. The fraction of sp³-hybridized carbons (Fsp3) is 0.562. The van der Waals surface area contributed by atoms with E-state index in [0.29, 0.717) is 13.0 Å². The second-order valence-corrected chi connectivity index (χ2v) is 6.75. The summed E-state index contributed by atoms with van der Waals surface area (Å²) in [6.07, 6.45) is 2.74. The Bertz CT molecular complexity index is 471. The summed E-state index contributed by atoms with van der Waals surface area (Å²) < 4.78 is 9.96. The van der Waals surface area contributed by atoms with Crippen molar-refractivity contribution in [3.05, 3.63) is 29.8 Å². The van der Waals surface area contributed by atoms with Crippen LogP contribution in [0, 0.1) is 5.41 Å². The van der Waals surface area contributed by atoms with Gasteiger partial charge in [-0.25, -0.2) is 0 Å². The fourth-order valence-corrected chi connectivity index (χ4v) is 3.75. The quantitative estimate of drug-likeness (QED) is 0.748. The summed E-state index contributed by atoms with van der Waals surface area (Å²) in [5, 5.41) is 0.256. The Morgan fingerprint density at radius 1 is 1.33 bits per heavy atom. The minimum atomic E-state index is -0.109. The van der Waals surface area contributed by atoms with Crippen molar-refractivity contribution < 1.29 is 14.3 Å². The van der Waals surface area contributed by atoms with Gasteiger partial charge < -0.3 is 15.2 Å². The number of ether oxygens (including phenoxy) is 2. The summed E-state index contributed by atoms with van der Waals surface area (Å²) in [7, 11) is 3.11. The first-order valence-electron chi connectivity index (χ1n) is 7.15. The van der Waals surface area contributed by atoms with E-state index in [2.05, 4.69) is 12.1 Å². The van der Waals surface area contributed by atoms with Crippen molar-refractivity contribution in [3.63, 3.8) is 0 Å². The van der Waals surface area contributed by atoms with E-state index in [1.807, 2.05) is 23.9 Å². The van der Waals surface area contributed by atoms with E-state index in [0.717, 1.165) is 24.3 Å². The summed E-state index contributed by atoms with van der Waals surface area (Å²) in [4.78, 5) is 11.5. The number of nitrogens with two attached hydrogens (primary N) is 1. The van der Waals surface area contributed by atoms with E-state index in [1.165, 1.54) is 12.7 Å². The van der Waals surface area contributed by atoms with Crippen molar-refractivity contribution in [3.8, 4) is 5.75 Å². The van der Waals surface area contributed by atoms with Crippen molar-refractivity contribution in [2.24, 2.45) is 11.1 Å². The molecule has 4 nitrogen and oxygen atoms in total. The summed E-state index contributed by atoms with van der Waals surface area (Å²) >= 11 is 1.84. The molecule has 1 atom stereocenters. The van der Waals surface area contributed by atoms with E-state index < -0.39 is 0 Å². The van der Waals surface area contributed by atoms with Gasteiger partial charge in [0.1, 0.15) is 5.75 Å². The molecule has 0 aromatic heterocycles. The lowest BCUT2D eigenvalue weighted by molar-refractivity contribution is -0.141. The molecule has 2 rings (SSSR count). The van der Waals surface area contributed by atoms with Gasteiger partial charge in [0.2, 0.25) is 0 Å². The molecule has 1 unspecified atom stereocenters. The molecule has 0 heterocycles. The van der Waals surface area contributed by atoms with Gasteiger partial charge in [-0.3, -0.25) is 4.79 Å². The van der Waals surface area contributed by atoms with Gasteiger partial charge in [-0.05, 0) is 36.0 Å². The molecule has 0 amide bonds. The third kappa shape index (κ3) is 4.38. The highest BCUT2D eigenvalue weighted by Crippen LogP contribution is 2.52. The number of carbonyl (C=O) groups is 1. The number of esters is 1. The van der Waals surface area contributed by atoms with Crippen LogP contribution in [0.2, 0.25) is 0 Å². The maximum Gasteiger partial charge on any atom is 0.306 e. The average molecular weight is 309 g/mol. The number of hydrogen-bond acceptors (Lipinski definition) is 5. The van der Waals surface area contributed by atoms with Crippen LogP contribution in [0.5, 0.6) is 5.75 Å². The first kappa shape index (κ1) is 16.2. The molecule has 1 aromatic carbocycles. The molecular formula is C16H23NO3S. The van der Waals surface area contributed by atoms with Crippen LogP contribution >= 0.6 is 11.8 Å². The molecule has 1 saturated carbocycles. The maximum absolute atomic E-state index is 11.5. The molecule has 0 aliphatic heterocycles. The molecule has 0 saturated heterocycles. The molecule has 2 N–H and O–H groups in total. The van der Waals surface area contributed by atoms with Crippen LogP contribution in [0.3, 0.4) is 0 Å². The van der Waals surface area contributed by atoms with Crippen LogP contribution in [-0.4, -0.2) is 32.5 Å². The average Bonchev–Trinajstić information content (AvgIpc) is 3.28. The van der Waals surface area contributed by atoms with Crippen molar-refractivity contribution in [2.75, 3.05) is 26.5 Å². The predicted molar refractivity (Wildman–Crippen MR) is 85.5 cm³/mol. The minimum absolute atomic E-state index is 0.109. The van der Waals surface area contributed by atoms with Crippen molar-refractivity contribution >= 4 is 17.7 Å². The standard InChI is InChI=1S/C16H23NO3S/c1-19-13-5-3-12(4-6-13)14(10-17)21-11-16(7-8-16)9-15(18)20-2/h3-6,14H,7-11,17H2,1-2H3. The van der Waals surface area contributed by atoms with Gasteiger partial charge in [0.15, 0.2) is 0 Å². The van der Waals surface area contributed by atoms with Crippen LogP contribution in [0.15, 0.2) is 24.3 Å². The monoisotopic (exact) mass is 309 g/mol. The lowest BCUT2D eigenvalue weighted by Crippen LogP contribution is -2.16. The van der Waals surface area contributed by atoms with Gasteiger partial charge in [-0.15, -0.1) is 0 Å². The highest BCUT2D eigenvalue weighted by Gasteiger charge is 2.44. The van der Waals surface area contributed by atoms with Gasteiger partial charge in [0.25, 0.3) is 0 Å². The topological polar surface area (TPSA) is 61.5 Å². The Kier molecular flexibility index (Phi) is 5.53. The predicted octanol–water partition coefficient (Wildman–Crippen LogP) is 2.77. The first-order chi connectivity index (χ1) is 10.1. The highest BCUT2D eigenvalue weighted by molar-refractivity contribution is 7.99. The molecule has 5 heteroatoms. The van der Waals surface area contributed by atoms with Crippen LogP contribution in [0.25, 0.3) is 0 Å². The zero-order valence-corrected chi connectivity index (χ0v) is 13.4. The number of carbonyl (C=O) groups excluding carboxylic acids is 1. The van der Waals surface area contributed by atoms with Gasteiger partial charge in [0, 0.05) is 17.5 Å². The maximum atomic E-state index is 11.5. The summed E-state index contributed by atoms with van der Waals surface area (Å²) in [5.74, 6) is 1.70. The normalized spacial score (nSPS) is 17.1. The highest BCUT2D eigenvalue weighted by atomic mass is 32.2. The Morgan fingerprint density at radius 2 is 2.00 bits per heavy atom. The van der Waals surface area contributed by atoms with E-state index >= 15 is 0 Å². The van der Waals surface area contributed by atoms with E-state index in [1.54, 1.807) is 7.11 Å². The molecule has 0 radical (unpaired) electrons. The number of benzene rings is 1. The molecule has 1 aromatic rings. The van der Waals surface area contributed by atoms with E-state index in [-0.39, 0.29) is 16.6 Å². The number of methoxy groups -OCH3 is 2. The number of thioether (sulfide) groups is 1. The third-order valence-corrected chi connectivity index (χ3v) is 5.64. The SMILES string of the molecule is COC(=O)CC1(CSC(CN)c2ccc(OC)cc2)CC1. The largest absolute Gasteiger partial charge is 0.497 e. The van der Waals surface area contributed by atoms with E-state index in [4.69, 9.17) is 15.2 Å². The Morgan fingerprint density at radius 3 is 2.48 bits per heavy atom. The smallest absolute Gasteiger partial charge is 0.306 e. The van der Waals surface area contributed by atoms with Gasteiger partial charge in [-0.2, -0.15) is 11.8 Å². The Balaban J connectivity index is 1.91. The van der Waals surface area contributed by atoms with Gasteiger partial charge in [-0.1, -0.05) is 12.1 Å². The molecule has 0 bridgehead atoms. The second-order valence-electron chi connectivity index (χ2n) is 5.56. The minimum Gasteiger partial charge on any atom is -0.497 e.